The second-order valence-corrected chi connectivity index (χ2v) is 8.63. The second kappa shape index (κ2) is 7.34. The van der Waals surface area contributed by atoms with Gasteiger partial charge in [0.05, 0.1) is 11.7 Å². The number of aromatic nitrogens is 5. The normalized spacial score (nSPS) is 13.2. The third-order valence-electron chi connectivity index (χ3n) is 4.13. The molecule has 0 aliphatic heterocycles. The van der Waals surface area contributed by atoms with Gasteiger partial charge in [0.1, 0.15) is 22.0 Å². The molecule has 144 valence electrons. The van der Waals surface area contributed by atoms with Crippen molar-refractivity contribution >= 4 is 32.8 Å². The number of nitrogens with zero attached hydrogens (tertiary/aromatic N) is 5. The highest BCUT2D eigenvalue weighted by Gasteiger charge is 2.30. The number of fused-ring (bicyclic) bond motifs is 1. The molecular weight excluding hydrogens is 400 g/mol. The van der Waals surface area contributed by atoms with E-state index in [1.807, 2.05) is 13.8 Å². The summed E-state index contributed by atoms with van der Waals surface area (Å²) < 4.78 is 42.3. The van der Waals surface area contributed by atoms with Crippen molar-refractivity contribution in [2.75, 3.05) is 0 Å². The quantitative estimate of drug-likeness (QED) is 0.509. The fraction of sp³-hybridized carbons (Fsp3) is 0.235. The van der Waals surface area contributed by atoms with E-state index >= 15 is 0 Å². The highest BCUT2D eigenvalue weighted by Crippen LogP contribution is 2.27. The number of hydrogen-bond acceptors (Lipinski definition) is 9. The number of rotatable bonds is 6. The largest absolute Gasteiger partial charge is 0.337 e. The third kappa shape index (κ3) is 3.51. The van der Waals surface area contributed by atoms with Crippen LogP contribution in [0.2, 0.25) is 0 Å². The van der Waals surface area contributed by atoms with Gasteiger partial charge in [-0.25, -0.2) is 8.42 Å². The zero-order valence-corrected chi connectivity index (χ0v) is 16.6. The molecule has 0 fully saturated rings. The van der Waals surface area contributed by atoms with E-state index in [-0.39, 0.29) is 16.7 Å². The van der Waals surface area contributed by atoms with Gasteiger partial charge in [-0.1, -0.05) is 25.1 Å². The third-order valence-corrected chi connectivity index (χ3v) is 6.15. The van der Waals surface area contributed by atoms with Crippen molar-refractivity contribution in [1.29, 1.82) is 0 Å². The van der Waals surface area contributed by atoms with Crippen molar-refractivity contribution in [1.82, 2.24) is 28.6 Å². The maximum atomic E-state index is 13.0. The van der Waals surface area contributed by atoms with Gasteiger partial charge in [0.25, 0.3) is 0 Å². The maximum absolute atomic E-state index is 13.0. The molecule has 11 heteroatoms. The predicted molar refractivity (Wildman–Crippen MR) is 103 cm³/mol. The number of nitrogens with one attached hydrogen (secondary N) is 1. The SMILES string of the molecule is CC(C)C(NS(=O)(=O)c1cccc2nsnc12)c1nc(-c2ccncc2)no1. The molecule has 1 aromatic carbocycles. The first-order chi connectivity index (χ1) is 13.5. The Morgan fingerprint density at radius 2 is 1.89 bits per heavy atom. The molecule has 1 atom stereocenters. The van der Waals surface area contributed by atoms with Crippen LogP contribution in [0.3, 0.4) is 0 Å². The van der Waals surface area contributed by atoms with Crippen LogP contribution in [0.1, 0.15) is 25.8 Å². The van der Waals surface area contributed by atoms with Crippen molar-refractivity contribution in [2.45, 2.75) is 24.8 Å². The molecule has 0 radical (unpaired) electrons. The van der Waals surface area contributed by atoms with Gasteiger partial charge in [-0.15, -0.1) is 0 Å². The first-order valence-electron chi connectivity index (χ1n) is 8.43. The molecule has 0 amide bonds. The lowest BCUT2D eigenvalue weighted by atomic mass is 10.1. The molecule has 0 saturated carbocycles. The summed E-state index contributed by atoms with van der Waals surface area (Å²) >= 11 is 0.967. The average molecular weight is 416 g/mol. The van der Waals surface area contributed by atoms with E-state index in [2.05, 4.69) is 28.6 Å². The van der Waals surface area contributed by atoms with Gasteiger partial charge in [0, 0.05) is 18.0 Å². The van der Waals surface area contributed by atoms with Crippen LogP contribution in [0.4, 0.5) is 0 Å². The summed E-state index contributed by atoms with van der Waals surface area (Å²) in [4.78, 5) is 8.40. The van der Waals surface area contributed by atoms with E-state index in [1.165, 1.54) is 6.07 Å². The monoisotopic (exact) mass is 416 g/mol. The first kappa shape index (κ1) is 18.6. The van der Waals surface area contributed by atoms with E-state index < -0.39 is 16.1 Å². The number of benzene rings is 1. The fourth-order valence-corrected chi connectivity index (χ4v) is 4.78. The Morgan fingerprint density at radius 1 is 1.11 bits per heavy atom. The van der Waals surface area contributed by atoms with Gasteiger partial charge < -0.3 is 4.52 Å². The Morgan fingerprint density at radius 3 is 2.64 bits per heavy atom. The van der Waals surface area contributed by atoms with Gasteiger partial charge in [0.15, 0.2) is 0 Å². The van der Waals surface area contributed by atoms with E-state index in [4.69, 9.17) is 4.52 Å². The van der Waals surface area contributed by atoms with Crippen LogP contribution in [0.5, 0.6) is 0 Å². The second-order valence-electron chi connectivity index (χ2n) is 6.42. The topological polar surface area (TPSA) is 124 Å². The van der Waals surface area contributed by atoms with Crippen LogP contribution >= 0.6 is 11.7 Å². The van der Waals surface area contributed by atoms with E-state index in [0.29, 0.717) is 16.9 Å². The number of pyridine rings is 1. The van der Waals surface area contributed by atoms with Crippen molar-refractivity contribution in [3.8, 4) is 11.4 Å². The minimum absolute atomic E-state index is 0.0678. The van der Waals surface area contributed by atoms with Crippen LogP contribution < -0.4 is 4.72 Å². The van der Waals surface area contributed by atoms with Gasteiger partial charge in [0.2, 0.25) is 21.7 Å². The standard InChI is InChI=1S/C17H16N6O3S2/c1-10(2)14(17-19-16(20-26-17)11-6-8-18-9-7-11)23-28(24,25)13-5-3-4-12-15(13)22-27-21-12/h3-10,14,23H,1-2H3. The number of hydrogen-bond donors (Lipinski definition) is 1. The summed E-state index contributed by atoms with van der Waals surface area (Å²) in [6, 6.07) is 7.65. The van der Waals surface area contributed by atoms with Crippen LogP contribution in [-0.4, -0.2) is 32.3 Å². The molecule has 9 nitrogen and oxygen atoms in total. The molecule has 0 saturated heterocycles. The first-order valence-corrected chi connectivity index (χ1v) is 10.6. The summed E-state index contributed by atoms with van der Waals surface area (Å²) in [5.74, 6) is 0.426. The lowest BCUT2D eigenvalue weighted by Crippen LogP contribution is -2.32. The van der Waals surface area contributed by atoms with Gasteiger partial charge in [-0.2, -0.15) is 18.5 Å². The summed E-state index contributed by atoms with van der Waals surface area (Å²) in [7, 11) is -3.89. The van der Waals surface area contributed by atoms with Crippen LogP contribution in [0.15, 0.2) is 52.1 Å². The molecule has 1 unspecified atom stereocenters. The van der Waals surface area contributed by atoms with Crippen LogP contribution in [0, 0.1) is 5.92 Å². The predicted octanol–water partition coefficient (Wildman–Crippen LogP) is 2.81. The van der Waals surface area contributed by atoms with Crippen LogP contribution in [-0.2, 0) is 10.0 Å². The molecule has 28 heavy (non-hydrogen) atoms. The molecule has 0 aliphatic rings. The fourth-order valence-electron chi connectivity index (χ4n) is 2.68. The molecular formula is C17H16N6O3S2. The summed E-state index contributed by atoms with van der Waals surface area (Å²) in [6.07, 6.45) is 3.24. The molecule has 4 rings (SSSR count). The van der Waals surface area contributed by atoms with Crippen molar-refractivity contribution in [2.24, 2.45) is 5.92 Å². The highest BCUT2D eigenvalue weighted by molar-refractivity contribution is 7.89. The summed E-state index contributed by atoms with van der Waals surface area (Å²) in [5.41, 5.74) is 1.60. The minimum atomic E-state index is -3.89. The van der Waals surface area contributed by atoms with E-state index in [9.17, 15) is 8.42 Å². The Bertz CT molecular complexity index is 1200. The number of sulfonamides is 1. The van der Waals surface area contributed by atoms with Crippen molar-refractivity contribution in [3.63, 3.8) is 0 Å². The Labute approximate surface area is 165 Å². The summed E-state index contributed by atoms with van der Waals surface area (Å²) in [6.45, 7) is 3.74. The smallest absolute Gasteiger partial charge is 0.245 e. The zero-order chi connectivity index (χ0) is 19.7. The zero-order valence-electron chi connectivity index (χ0n) is 15.0. The minimum Gasteiger partial charge on any atom is -0.337 e. The molecule has 0 aliphatic carbocycles. The maximum Gasteiger partial charge on any atom is 0.245 e. The molecule has 3 heterocycles. The Hall–Kier alpha value is -2.76. The average Bonchev–Trinajstić information content (AvgIpc) is 3.36. The highest BCUT2D eigenvalue weighted by atomic mass is 32.2. The van der Waals surface area contributed by atoms with Gasteiger partial charge in [-0.3, -0.25) is 4.98 Å². The molecule has 3 aromatic heterocycles. The van der Waals surface area contributed by atoms with Gasteiger partial charge >= 0.3 is 0 Å². The lowest BCUT2D eigenvalue weighted by molar-refractivity contribution is 0.311. The van der Waals surface area contributed by atoms with E-state index in [1.54, 1.807) is 36.7 Å². The molecule has 0 spiro atoms. The molecule has 1 N–H and O–H groups in total. The van der Waals surface area contributed by atoms with Gasteiger partial charge in [-0.05, 0) is 30.2 Å². The lowest BCUT2D eigenvalue weighted by Gasteiger charge is -2.18. The van der Waals surface area contributed by atoms with Crippen molar-refractivity contribution in [3.05, 3.63) is 48.6 Å². The van der Waals surface area contributed by atoms with E-state index in [0.717, 1.165) is 17.3 Å². The molecule has 0 bridgehead atoms. The molecule has 4 aromatic rings. The van der Waals surface area contributed by atoms with Crippen LogP contribution in [0.25, 0.3) is 22.4 Å². The summed E-state index contributed by atoms with van der Waals surface area (Å²) in [5, 5.41) is 3.96. The van der Waals surface area contributed by atoms with Crippen molar-refractivity contribution < 1.29 is 12.9 Å². The Balaban J connectivity index is 1.68. The Kier molecular flexibility index (Phi) is 4.87.